The lowest BCUT2D eigenvalue weighted by molar-refractivity contribution is -0.146. The molecule has 3 saturated heterocycles. The number of piperidine rings is 2. The Hall–Kier alpha value is -3.44. The van der Waals surface area contributed by atoms with Crippen LogP contribution in [0.5, 0.6) is 0 Å². The summed E-state index contributed by atoms with van der Waals surface area (Å²) in [5.74, 6) is 0.646. The van der Waals surface area contributed by atoms with E-state index in [1.807, 2.05) is 46.2 Å². The first-order chi connectivity index (χ1) is 18.1. The molecule has 37 heavy (non-hydrogen) atoms. The van der Waals surface area contributed by atoms with Crippen LogP contribution in [-0.4, -0.2) is 65.3 Å². The molecule has 3 aliphatic heterocycles. The molecule has 0 aliphatic carbocycles. The normalized spacial score (nSPS) is 23.3. The van der Waals surface area contributed by atoms with E-state index in [9.17, 15) is 9.59 Å². The van der Waals surface area contributed by atoms with Gasteiger partial charge in [0.25, 0.3) is 0 Å². The van der Waals surface area contributed by atoms with Gasteiger partial charge in [0, 0.05) is 38.8 Å². The molecule has 3 heterocycles. The lowest BCUT2D eigenvalue weighted by atomic mass is 9.68. The van der Waals surface area contributed by atoms with E-state index >= 15 is 0 Å². The Morgan fingerprint density at radius 3 is 2.08 bits per heavy atom. The van der Waals surface area contributed by atoms with Gasteiger partial charge < -0.3 is 9.80 Å². The number of benzene rings is 3. The third-order valence-corrected chi connectivity index (χ3v) is 8.60. The average Bonchev–Trinajstić information content (AvgIpc) is 3.23. The van der Waals surface area contributed by atoms with Crippen LogP contribution in [0, 0.1) is 5.92 Å². The van der Waals surface area contributed by atoms with Gasteiger partial charge in [0.1, 0.15) is 0 Å². The first kappa shape index (κ1) is 23.9. The first-order valence-electron chi connectivity index (χ1n) is 13.6. The van der Waals surface area contributed by atoms with Crippen LogP contribution in [0.1, 0.15) is 36.0 Å². The Balaban J connectivity index is 1.18. The van der Waals surface area contributed by atoms with Gasteiger partial charge in [-0.1, -0.05) is 91.0 Å². The summed E-state index contributed by atoms with van der Waals surface area (Å²) in [5, 5.41) is 0. The molecular formula is C32H35N3O2. The van der Waals surface area contributed by atoms with Crippen molar-refractivity contribution in [2.45, 2.75) is 37.3 Å². The van der Waals surface area contributed by atoms with Gasteiger partial charge in [-0.25, -0.2) is 0 Å². The molecule has 0 unspecified atom stereocenters. The molecule has 0 spiro atoms. The van der Waals surface area contributed by atoms with Gasteiger partial charge in [-0.3, -0.25) is 14.5 Å². The minimum atomic E-state index is -0.742. The minimum absolute atomic E-state index is 0.0511. The van der Waals surface area contributed by atoms with E-state index in [0.717, 1.165) is 56.6 Å². The van der Waals surface area contributed by atoms with Crippen molar-refractivity contribution in [3.63, 3.8) is 0 Å². The first-order valence-corrected chi connectivity index (χ1v) is 13.6. The van der Waals surface area contributed by atoms with Crippen LogP contribution < -0.4 is 0 Å². The van der Waals surface area contributed by atoms with E-state index in [-0.39, 0.29) is 18.4 Å². The summed E-state index contributed by atoms with van der Waals surface area (Å²) < 4.78 is 0. The van der Waals surface area contributed by atoms with Gasteiger partial charge in [-0.2, -0.15) is 0 Å². The zero-order valence-electron chi connectivity index (χ0n) is 21.3. The third kappa shape index (κ3) is 4.57. The summed E-state index contributed by atoms with van der Waals surface area (Å²) in [4.78, 5) is 34.2. The van der Waals surface area contributed by atoms with Gasteiger partial charge in [-0.05, 0) is 41.9 Å². The monoisotopic (exact) mass is 493 g/mol. The van der Waals surface area contributed by atoms with Crippen molar-refractivity contribution in [3.05, 3.63) is 108 Å². The Kier molecular flexibility index (Phi) is 6.56. The fourth-order valence-electron chi connectivity index (χ4n) is 6.84. The molecule has 3 aliphatic rings. The van der Waals surface area contributed by atoms with Crippen LogP contribution in [0.2, 0.25) is 0 Å². The second-order valence-corrected chi connectivity index (χ2v) is 10.9. The van der Waals surface area contributed by atoms with Gasteiger partial charge >= 0.3 is 0 Å². The quantitative estimate of drug-likeness (QED) is 0.514. The molecule has 0 aromatic heterocycles. The number of rotatable bonds is 6. The van der Waals surface area contributed by atoms with E-state index in [0.29, 0.717) is 18.5 Å². The number of carbonyl (C=O) groups excluding carboxylic acids is 2. The van der Waals surface area contributed by atoms with Crippen molar-refractivity contribution in [2.24, 2.45) is 5.92 Å². The molecule has 0 saturated carbocycles. The van der Waals surface area contributed by atoms with Crippen molar-refractivity contribution in [2.75, 3.05) is 32.7 Å². The zero-order valence-corrected chi connectivity index (χ0v) is 21.3. The molecule has 5 nitrogen and oxygen atoms in total. The van der Waals surface area contributed by atoms with Crippen LogP contribution in [0.15, 0.2) is 91.0 Å². The van der Waals surface area contributed by atoms with Crippen molar-refractivity contribution in [1.82, 2.24) is 14.7 Å². The number of nitrogens with zero attached hydrogens (tertiary/aromatic N) is 3. The van der Waals surface area contributed by atoms with E-state index in [4.69, 9.17) is 0 Å². The number of hydrogen-bond donors (Lipinski definition) is 0. The maximum Gasteiger partial charge on any atom is 0.242 e. The highest BCUT2D eigenvalue weighted by Crippen LogP contribution is 2.41. The highest BCUT2D eigenvalue weighted by molar-refractivity contribution is 5.95. The van der Waals surface area contributed by atoms with Crippen LogP contribution >= 0.6 is 0 Å². The molecule has 190 valence electrons. The van der Waals surface area contributed by atoms with E-state index in [1.165, 1.54) is 5.56 Å². The maximum atomic E-state index is 14.2. The second-order valence-electron chi connectivity index (χ2n) is 10.9. The van der Waals surface area contributed by atoms with Crippen LogP contribution in [0.3, 0.4) is 0 Å². The zero-order chi connectivity index (χ0) is 25.2. The largest absolute Gasteiger partial charge is 0.339 e. The van der Waals surface area contributed by atoms with E-state index in [2.05, 4.69) is 59.5 Å². The van der Waals surface area contributed by atoms with Crippen LogP contribution in [-0.2, 0) is 21.5 Å². The second kappa shape index (κ2) is 10.1. The number of amides is 2. The highest BCUT2D eigenvalue weighted by Gasteiger charge is 2.47. The molecular weight excluding hydrogens is 458 g/mol. The SMILES string of the molecule is O=C(CN1CCCC(c2ccccc2)(c2ccccc2)C1=O)N1C[C@H]2C[C@H](C1)N(Cc1ccccc1)C2. The predicted molar refractivity (Wildman–Crippen MR) is 145 cm³/mol. The Labute approximate surface area is 219 Å². The van der Waals surface area contributed by atoms with Crippen LogP contribution in [0.4, 0.5) is 0 Å². The molecule has 0 radical (unpaired) electrons. The number of likely N-dealkylation sites (tertiary alicyclic amines) is 3. The smallest absolute Gasteiger partial charge is 0.242 e. The van der Waals surface area contributed by atoms with Crippen LogP contribution in [0.25, 0.3) is 0 Å². The lowest BCUT2D eigenvalue weighted by Gasteiger charge is -2.43. The van der Waals surface area contributed by atoms with Crippen molar-refractivity contribution < 1.29 is 9.59 Å². The standard InChI is InChI=1S/C32H35N3O2/c36-30(35-22-26-19-29(23-35)34(21-26)20-25-11-4-1-5-12-25)24-33-18-10-17-32(31(33)37,27-13-6-2-7-14-27)28-15-8-3-9-16-28/h1-9,11-16,26,29H,10,17-24H2/t26-,29+/m0/s1. The molecule has 0 N–H and O–H groups in total. The van der Waals surface area contributed by atoms with Crippen molar-refractivity contribution >= 4 is 11.8 Å². The van der Waals surface area contributed by atoms with E-state index in [1.54, 1.807) is 0 Å². The Morgan fingerprint density at radius 2 is 1.43 bits per heavy atom. The topological polar surface area (TPSA) is 43.9 Å². The molecule has 3 aromatic rings. The molecule has 2 bridgehead atoms. The summed E-state index contributed by atoms with van der Waals surface area (Å²) in [7, 11) is 0. The molecule has 6 rings (SSSR count). The minimum Gasteiger partial charge on any atom is -0.339 e. The molecule has 5 heteroatoms. The Bertz CT molecular complexity index is 1190. The van der Waals surface area contributed by atoms with Gasteiger partial charge in [-0.15, -0.1) is 0 Å². The summed E-state index contributed by atoms with van der Waals surface area (Å²) >= 11 is 0. The molecule has 2 amide bonds. The lowest BCUT2D eigenvalue weighted by Crippen LogP contribution is -2.56. The summed E-state index contributed by atoms with van der Waals surface area (Å²) in [6, 6.07) is 31.2. The van der Waals surface area contributed by atoms with Crippen molar-refractivity contribution in [3.8, 4) is 0 Å². The fraction of sp³-hybridized carbons (Fsp3) is 0.375. The molecule has 3 fully saturated rings. The fourth-order valence-corrected chi connectivity index (χ4v) is 6.84. The maximum absolute atomic E-state index is 14.2. The molecule has 2 atom stereocenters. The summed E-state index contributed by atoms with van der Waals surface area (Å²) in [5.41, 5.74) is 2.60. The third-order valence-electron chi connectivity index (χ3n) is 8.60. The number of carbonyl (C=O) groups is 2. The number of hydrogen-bond acceptors (Lipinski definition) is 3. The molecule has 3 aromatic carbocycles. The van der Waals surface area contributed by atoms with Gasteiger partial charge in [0.2, 0.25) is 11.8 Å². The summed E-state index contributed by atoms with van der Waals surface area (Å²) in [6.07, 6.45) is 2.79. The van der Waals surface area contributed by atoms with Gasteiger partial charge in [0.05, 0.1) is 12.0 Å². The van der Waals surface area contributed by atoms with Crippen molar-refractivity contribution in [1.29, 1.82) is 0 Å². The average molecular weight is 494 g/mol. The summed E-state index contributed by atoms with van der Waals surface area (Å²) in [6.45, 7) is 4.32. The highest BCUT2D eigenvalue weighted by atomic mass is 16.2. The van der Waals surface area contributed by atoms with E-state index < -0.39 is 5.41 Å². The van der Waals surface area contributed by atoms with Gasteiger partial charge in [0.15, 0.2) is 0 Å². The Morgan fingerprint density at radius 1 is 0.811 bits per heavy atom. The predicted octanol–water partition coefficient (Wildman–Crippen LogP) is 4.33. The number of fused-ring (bicyclic) bond motifs is 2.